The topological polar surface area (TPSA) is 27.7 Å². The third-order valence-corrected chi connectivity index (χ3v) is 5.30. The van der Waals surface area contributed by atoms with Crippen LogP contribution in [0.1, 0.15) is 22.3 Å². The first-order valence-electron chi connectivity index (χ1n) is 12.2. The molecule has 4 aromatic rings. The lowest BCUT2D eigenvalue weighted by Gasteiger charge is -2.14. The van der Waals surface area contributed by atoms with Crippen LogP contribution in [0.5, 0.6) is 0 Å². The molecule has 0 spiro atoms. The van der Waals surface area contributed by atoms with Crippen molar-refractivity contribution in [3.8, 4) is 0 Å². The minimum absolute atomic E-state index is 0.685. The van der Waals surface area contributed by atoms with E-state index in [-0.39, 0.29) is 0 Å². The molecule has 0 amide bonds. The molecule has 5 heteroatoms. The smallest absolute Gasteiger partial charge is 0.539 e. The maximum Gasteiger partial charge on any atom is 0.542 e. The standard InChI is InChI=1S/C32H28B2O3/c1-5-13-29(14-6-1)21-25-33(35-27-23-31-17-9-3-10-18-31)37-34(26-22-30-15-7-2-8-16-30)36-28-24-32-19-11-4-12-20-32/h1-28H. The molecule has 0 aromatic heterocycles. The van der Waals surface area contributed by atoms with Crippen LogP contribution in [0.25, 0.3) is 24.3 Å². The van der Waals surface area contributed by atoms with E-state index in [9.17, 15) is 0 Å². The number of hydrogen-bond acceptors (Lipinski definition) is 3. The van der Waals surface area contributed by atoms with Crippen LogP contribution in [0.4, 0.5) is 0 Å². The SMILES string of the molecule is C(=Cc1ccccc1)OB(C=Cc1ccccc1)OB(C=Cc1ccccc1)OC=Cc1ccccc1. The van der Waals surface area contributed by atoms with Crippen molar-refractivity contribution in [1.29, 1.82) is 0 Å². The second-order valence-electron chi connectivity index (χ2n) is 8.11. The zero-order valence-corrected chi connectivity index (χ0v) is 20.5. The Labute approximate surface area is 220 Å². The Hall–Kier alpha value is -4.47. The summed E-state index contributed by atoms with van der Waals surface area (Å²) in [5.74, 6) is 3.75. The minimum atomic E-state index is -0.685. The molecule has 0 fully saturated rings. The van der Waals surface area contributed by atoms with Crippen LogP contribution in [-0.4, -0.2) is 14.2 Å². The van der Waals surface area contributed by atoms with Crippen LogP contribution < -0.4 is 0 Å². The van der Waals surface area contributed by atoms with Gasteiger partial charge < -0.3 is 13.9 Å². The molecule has 0 atom stereocenters. The van der Waals surface area contributed by atoms with Crippen LogP contribution in [0.2, 0.25) is 0 Å². The Kier molecular flexibility index (Phi) is 10.3. The molecule has 0 bridgehead atoms. The first kappa shape index (κ1) is 25.6. The van der Waals surface area contributed by atoms with Gasteiger partial charge in [0.05, 0.1) is 12.5 Å². The van der Waals surface area contributed by atoms with Crippen molar-refractivity contribution in [2.45, 2.75) is 0 Å². The molecule has 0 aliphatic rings. The summed E-state index contributed by atoms with van der Waals surface area (Å²) in [5, 5.41) is 0. The molecule has 0 aliphatic heterocycles. The normalized spacial score (nSPS) is 11.5. The Morgan fingerprint density at radius 2 is 0.676 bits per heavy atom. The second-order valence-corrected chi connectivity index (χ2v) is 8.11. The van der Waals surface area contributed by atoms with E-state index in [2.05, 4.69) is 0 Å². The highest BCUT2D eigenvalue weighted by atomic mass is 16.6. The van der Waals surface area contributed by atoms with Gasteiger partial charge in [0.2, 0.25) is 0 Å². The summed E-state index contributed by atoms with van der Waals surface area (Å²) in [7, 11) is -1.37. The maximum absolute atomic E-state index is 6.25. The van der Waals surface area contributed by atoms with E-state index in [4.69, 9.17) is 13.9 Å². The maximum atomic E-state index is 6.25. The van der Waals surface area contributed by atoms with Gasteiger partial charge in [-0.15, -0.1) is 0 Å². The Balaban J connectivity index is 1.51. The number of hydrogen-bond donors (Lipinski definition) is 0. The molecule has 4 rings (SSSR count). The van der Waals surface area contributed by atoms with Gasteiger partial charge in [0.1, 0.15) is 0 Å². The molecule has 0 saturated carbocycles. The highest BCUT2D eigenvalue weighted by Crippen LogP contribution is 2.10. The summed E-state index contributed by atoms with van der Waals surface area (Å²) in [6, 6.07) is 40.0. The predicted molar refractivity (Wildman–Crippen MR) is 157 cm³/mol. The third kappa shape index (κ3) is 9.60. The largest absolute Gasteiger partial charge is 0.542 e. The highest BCUT2D eigenvalue weighted by molar-refractivity contribution is 6.66. The van der Waals surface area contributed by atoms with Gasteiger partial charge in [-0.05, 0) is 46.4 Å². The molecule has 37 heavy (non-hydrogen) atoms. The fraction of sp³-hybridized carbons (Fsp3) is 0. The molecule has 180 valence electrons. The van der Waals surface area contributed by atoms with Gasteiger partial charge in [-0.3, -0.25) is 0 Å². The molecule has 0 heterocycles. The van der Waals surface area contributed by atoms with Gasteiger partial charge in [-0.25, -0.2) is 0 Å². The van der Waals surface area contributed by atoms with Crippen molar-refractivity contribution in [3.05, 3.63) is 168 Å². The molecule has 0 aliphatic carbocycles. The average Bonchev–Trinajstić information content (AvgIpc) is 2.96. The summed E-state index contributed by atoms with van der Waals surface area (Å²) >= 11 is 0. The average molecular weight is 482 g/mol. The summed E-state index contributed by atoms with van der Waals surface area (Å²) in [6.07, 6.45) is 11.0. The fourth-order valence-corrected chi connectivity index (χ4v) is 3.40. The van der Waals surface area contributed by atoms with E-state index in [1.165, 1.54) is 0 Å². The molecule has 0 saturated heterocycles. The number of benzene rings is 4. The van der Waals surface area contributed by atoms with Crippen molar-refractivity contribution in [2.24, 2.45) is 0 Å². The van der Waals surface area contributed by atoms with Gasteiger partial charge >= 0.3 is 14.2 Å². The van der Waals surface area contributed by atoms with Gasteiger partial charge in [-0.2, -0.15) is 0 Å². The van der Waals surface area contributed by atoms with E-state index in [0.29, 0.717) is 0 Å². The number of rotatable bonds is 12. The van der Waals surface area contributed by atoms with Crippen molar-refractivity contribution in [1.82, 2.24) is 0 Å². The predicted octanol–water partition coefficient (Wildman–Crippen LogP) is 7.86. The molecule has 0 unspecified atom stereocenters. The first-order valence-corrected chi connectivity index (χ1v) is 12.2. The second kappa shape index (κ2) is 14.8. The summed E-state index contributed by atoms with van der Waals surface area (Å²) < 4.78 is 18.2. The molecule has 3 nitrogen and oxygen atoms in total. The van der Waals surface area contributed by atoms with Gasteiger partial charge in [0.15, 0.2) is 0 Å². The van der Waals surface area contributed by atoms with Crippen molar-refractivity contribution >= 4 is 38.5 Å². The van der Waals surface area contributed by atoms with E-state index >= 15 is 0 Å². The van der Waals surface area contributed by atoms with Crippen LogP contribution in [-0.2, 0) is 13.9 Å². The van der Waals surface area contributed by atoms with Crippen LogP contribution >= 0.6 is 0 Å². The Morgan fingerprint density at radius 3 is 1.00 bits per heavy atom. The van der Waals surface area contributed by atoms with E-state index < -0.39 is 14.2 Å². The lowest BCUT2D eigenvalue weighted by atomic mass is 9.79. The minimum Gasteiger partial charge on any atom is -0.539 e. The summed E-state index contributed by atoms with van der Waals surface area (Å²) in [4.78, 5) is 0. The van der Waals surface area contributed by atoms with Crippen LogP contribution in [0, 0.1) is 0 Å². The summed E-state index contributed by atoms with van der Waals surface area (Å²) in [5.41, 5.74) is 4.17. The lowest BCUT2D eigenvalue weighted by Crippen LogP contribution is -2.30. The van der Waals surface area contributed by atoms with Crippen molar-refractivity contribution in [3.63, 3.8) is 0 Å². The van der Waals surface area contributed by atoms with Crippen LogP contribution in [0.15, 0.2) is 146 Å². The third-order valence-electron chi connectivity index (χ3n) is 5.30. The van der Waals surface area contributed by atoms with E-state index in [0.717, 1.165) is 22.3 Å². The molecular weight excluding hydrogens is 454 g/mol. The van der Waals surface area contributed by atoms with Crippen molar-refractivity contribution in [2.75, 3.05) is 0 Å². The van der Waals surface area contributed by atoms with Crippen molar-refractivity contribution < 1.29 is 13.9 Å². The molecule has 4 aromatic carbocycles. The van der Waals surface area contributed by atoms with Crippen LogP contribution in [0.3, 0.4) is 0 Å². The highest BCUT2D eigenvalue weighted by Gasteiger charge is 2.25. The lowest BCUT2D eigenvalue weighted by molar-refractivity contribution is 0.341. The monoisotopic (exact) mass is 482 g/mol. The Bertz CT molecular complexity index is 1190. The van der Waals surface area contributed by atoms with Gasteiger partial charge in [0.25, 0.3) is 0 Å². The zero-order valence-electron chi connectivity index (χ0n) is 20.5. The zero-order chi connectivity index (χ0) is 25.4. The Morgan fingerprint density at radius 1 is 0.378 bits per heavy atom. The molecule has 0 radical (unpaired) electrons. The molecule has 0 N–H and O–H groups in total. The molecular formula is C32H28B2O3. The van der Waals surface area contributed by atoms with E-state index in [1.54, 1.807) is 12.5 Å². The quantitative estimate of drug-likeness (QED) is 0.152. The first-order chi connectivity index (χ1) is 18.3. The van der Waals surface area contributed by atoms with E-state index in [1.807, 2.05) is 158 Å². The fourth-order valence-electron chi connectivity index (χ4n) is 3.40. The van der Waals surface area contributed by atoms with Gasteiger partial charge in [0, 0.05) is 0 Å². The summed E-state index contributed by atoms with van der Waals surface area (Å²) in [6.45, 7) is 0. The van der Waals surface area contributed by atoms with Gasteiger partial charge in [-0.1, -0.05) is 133 Å².